The molecule has 0 atom stereocenters. The van der Waals surface area contributed by atoms with E-state index in [1.165, 1.54) is 9.80 Å². The summed E-state index contributed by atoms with van der Waals surface area (Å²) in [5, 5.41) is 9.07. The fourth-order valence-electron chi connectivity index (χ4n) is 6.90. The fourth-order valence-corrected chi connectivity index (χ4v) is 7.09. The molecular formula is C27H22ClF8N5. The van der Waals surface area contributed by atoms with Crippen LogP contribution in [0.2, 0.25) is 5.02 Å². The molecule has 5 nitrogen and oxygen atoms in total. The lowest BCUT2D eigenvalue weighted by Crippen LogP contribution is -2.62. The first-order chi connectivity index (χ1) is 19.2. The largest absolute Gasteiger partial charge is 0.422 e. The van der Waals surface area contributed by atoms with E-state index in [0.29, 0.717) is 59.9 Å². The molecule has 4 aliphatic rings. The lowest BCUT2D eigenvalue weighted by atomic mass is 9.57. The van der Waals surface area contributed by atoms with E-state index in [4.69, 9.17) is 11.6 Å². The van der Waals surface area contributed by atoms with Gasteiger partial charge in [-0.3, -0.25) is 9.47 Å². The molecule has 1 saturated heterocycles. The molecule has 218 valence electrons. The number of anilines is 1. The highest BCUT2D eigenvalue weighted by Gasteiger charge is 2.67. The molecule has 0 amide bonds. The van der Waals surface area contributed by atoms with Crippen molar-refractivity contribution in [2.75, 3.05) is 18.0 Å². The molecule has 0 bridgehead atoms. The summed E-state index contributed by atoms with van der Waals surface area (Å²) in [6, 6.07) is 6.72. The maximum Gasteiger partial charge on any atom is 0.422 e. The zero-order valence-corrected chi connectivity index (χ0v) is 22.0. The lowest BCUT2D eigenvalue weighted by molar-refractivity contribution is -0.200. The number of rotatable bonds is 3. The Kier molecular flexibility index (Phi) is 5.62. The van der Waals surface area contributed by atoms with Crippen molar-refractivity contribution in [1.82, 2.24) is 19.7 Å². The van der Waals surface area contributed by atoms with E-state index in [2.05, 4.69) is 10.2 Å². The Morgan fingerprint density at radius 2 is 1.56 bits per heavy atom. The molecule has 0 unspecified atom stereocenters. The SMILES string of the molecule is Fc1ccc(N2CC3(CC(c4nnc5n4-c4ccc(Cl)cc4CN(C4(C(F)(F)F)CC4)C5)C3)C2)c(F)c1C(F)(F)F. The number of benzene rings is 2. The van der Waals surface area contributed by atoms with Crippen molar-refractivity contribution in [3.05, 3.63) is 69.8 Å². The van der Waals surface area contributed by atoms with Crippen LogP contribution < -0.4 is 4.90 Å². The smallest absolute Gasteiger partial charge is 0.368 e. The van der Waals surface area contributed by atoms with E-state index in [-0.39, 0.29) is 43.0 Å². The number of alkyl halides is 6. The maximum absolute atomic E-state index is 14.7. The van der Waals surface area contributed by atoms with Crippen molar-refractivity contribution >= 4 is 17.3 Å². The molecule has 1 aromatic heterocycles. The van der Waals surface area contributed by atoms with Crippen molar-refractivity contribution in [3.63, 3.8) is 0 Å². The summed E-state index contributed by atoms with van der Waals surface area (Å²) < 4.78 is 112. The minimum atomic E-state index is -5.16. The number of nitrogens with zero attached hydrogens (tertiary/aromatic N) is 5. The quantitative estimate of drug-likeness (QED) is 0.302. The van der Waals surface area contributed by atoms with Gasteiger partial charge in [-0.15, -0.1) is 10.2 Å². The molecule has 2 aliphatic heterocycles. The topological polar surface area (TPSA) is 37.2 Å². The van der Waals surface area contributed by atoms with Crippen LogP contribution in [0.1, 0.15) is 54.4 Å². The minimum absolute atomic E-state index is 0.00809. The lowest BCUT2D eigenvalue weighted by Gasteiger charge is -2.59. The third kappa shape index (κ3) is 4.05. The average Bonchev–Trinajstić information content (AvgIpc) is 3.57. The number of halogens is 9. The van der Waals surface area contributed by atoms with Crippen LogP contribution in [0.25, 0.3) is 5.69 Å². The molecule has 2 aromatic carbocycles. The van der Waals surface area contributed by atoms with Gasteiger partial charge in [0.1, 0.15) is 22.7 Å². The van der Waals surface area contributed by atoms with Crippen molar-refractivity contribution in [2.24, 2.45) is 5.41 Å². The first-order valence-electron chi connectivity index (χ1n) is 13.1. The summed E-state index contributed by atoms with van der Waals surface area (Å²) >= 11 is 6.23. The molecule has 41 heavy (non-hydrogen) atoms. The molecule has 1 spiro atoms. The molecule has 0 radical (unpaired) electrons. The van der Waals surface area contributed by atoms with Crippen LogP contribution in [-0.2, 0) is 19.3 Å². The Bertz CT molecular complexity index is 1550. The molecule has 2 saturated carbocycles. The molecule has 0 N–H and O–H groups in total. The van der Waals surface area contributed by atoms with Gasteiger partial charge in [0.25, 0.3) is 0 Å². The van der Waals surface area contributed by atoms with Crippen molar-refractivity contribution < 1.29 is 35.1 Å². The second kappa shape index (κ2) is 8.56. The van der Waals surface area contributed by atoms with Crippen LogP contribution >= 0.6 is 11.6 Å². The van der Waals surface area contributed by atoms with Gasteiger partial charge in [0, 0.05) is 36.0 Å². The second-order valence-electron chi connectivity index (χ2n) is 11.7. The number of hydrogen-bond acceptors (Lipinski definition) is 4. The van der Waals surface area contributed by atoms with Gasteiger partial charge in [0.05, 0.1) is 17.9 Å². The summed E-state index contributed by atoms with van der Waals surface area (Å²) in [6.45, 7) is 0.581. The molecule has 3 fully saturated rings. The molecule has 3 aromatic rings. The number of aromatic nitrogens is 3. The van der Waals surface area contributed by atoms with Crippen LogP contribution in [0.4, 0.5) is 40.8 Å². The zero-order chi connectivity index (χ0) is 29.1. The monoisotopic (exact) mass is 603 g/mol. The zero-order valence-electron chi connectivity index (χ0n) is 21.3. The first kappa shape index (κ1) is 26.9. The van der Waals surface area contributed by atoms with Crippen molar-refractivity contribution in [3.8, 4) is 5.69 Å². The summed E-state index contributed by atoms with van der Waals surface area (Å²) in [6.07, 6.45) is -8.35. The van der Waals surface area contributed by atoms with Crippen LogP contribution in [0.5, 0.6) is 0 Å². The Hall–Kier alpha value is -2.93. The van der Waals surface area contributed by atoms with Crippen LogP contribution in [0.15, 0.2) is 30.3 Å². The van der Waals surface area contributed by atoms with Crippen LogP contribution in [0, 0.1) is 17.0 Å². The molecule has 3 heterocycles. The molecular weight excluding hydrogens is 582 g/mol. The predicted octanol–water partition coefficient (Wildman–Crippen LogP) is 7.01. The highest BCUT2D eigenvalue weighted by atomic mass is 35.5. The normalized spacial score (nSPS) is 21.6. The Morgan fingerprint density at radius 3 is 2.20 bits per heavy atom. The third-order valence-corrected chi connectivity index (χ3v) is 9.29. The number of fused-ring (bicyclic) bond motifs is 3. The Labute approximate surface area is 233 Å². The maximum atomic E-state index is 14.7. The Morgan fingerprint density at radius 1 is 0.878 bits per heavy atom. The highest BCUT2D eigenvalue weighted by molar-refractivity contribution is 6.30. The van der Waals surface area contributed by atoms with Crippen molar-refractivity contribution in [1.29, 1.82) is 0 Å². The van der Waals surface area contributed by atoms with E-state index in [0.717, 1.165) is 6.07 Å². The summed E-state index contributed by atoms with van der Waals surface area (Å²) in [5.41, 5.74) is -3.11. The molecule has 2 aliphatic carbocycles. The second-order valence-corrected chi connectivity index (χ2v) is 12.1. The Balaban J connectivity index is 1.14. The van der Waals surface area contributed by atoms with Gasteiger partial charge in [0.2, 0.25) is 0 Å². The van der Waals surface area contributed by atoms with Gasteiger partial charge in [-0.25, -0.2) is 8.78 Å². The van der Waals surface area contributed by atoms with E-state index < -0.39 is 35.1 Å². The van der Waals surface area contributed by atoms with Gasteiger partial charge in [-0.1, -0.05) is 11.6 Å². The minimum Gasteiger partial charge on any atom is -0.368 e. The van der Waals surface area contributed by atoms with Gasteiger partial charge in [0.15, 0.2) is 11.6 Å². The third-order valence-electron chi connectivity index (χ3n) is 9.06. The predicted molar refractivity (Wildman–Crippen MR) is 132 cm³/mol. The van der Waals surface area contributed by atoms with E-state index in [1.807, 2.05) is 0 Å². The van der Waals surface area contributed by atoms with Crippen LogP contribution in [0.3, 0.4) is 0 Å². The van der Waals surface area contributed by atoms with Crippen LogP contribution in [-0.4, -0.2) is 44.5 Å². The van der Waals surface area contributed by atoms with E-state index in [1.54, 1.807) is 22.8 Å². The fraction of sp³-hybridized carbons (Fsp3) is 0.481. The summed E-state index contributed by atoms with van der Waals surface area (Å²) in [5.74, 6) is -2.40. The molecule has 14 heteroatoms. The van der Waals surface area contributed by atoms with Crippen molar-refractivity contribution in [2.45, 2.75) is 62.6 Å². The van der Waals surface area contributed by atoms with Gasteiger partial charge >= 0.3 is 12.4 Å². The summed E-state index contributed by atoms with van der Waals surface area (Å²) in [4.78, 5) is 2.87. The van der Waals surface area contributed by atoms with Gasteiger partial charge < -0.3 is 4.90 Å². The first-order valence-corrected chi connectivity index (χ1v) is 13.4. The van der Waals surface area contributed by atoms with E-state index >= 15 is 0 Å². The summed E-state index contributed by atoms with van der Waals surface area (Å²) in [7, 11) is 0. The average molecular weight is 604 g/mol. The molecule has 7 rings (SSSR count). The van der Waals surface area contributed by atoms with E-state index in [9.17, 15) is 35.1 Å². The van der Waals surface area contributed by atoms with Gasteiger partial charge in [-0.05, 0) is 61.6 Å². The van der Waals surface area contributed by atoms with Gasteiger partial charge in [-0.2, -0.15) is 26.3 Å². The number of hydrogen-bond donors (Lipinski definition) is 0. The highest BCUT2D eigenvalue weighted by Crippen LogP contribution is 2.58. The standard InChI is InChI=1S/C27H22ClF8N5/c28-16-1-3-18-14(7-16)10-40(25(5-6-25)27(34,35)36)11-20-37-38-23(41(18)20)15-8-24(9-15)12-39(13-24)19-4-2-17(29)21(22(19)30)26(31,32)33/h1-4,7,15H,5-6,8-13H2.